The molecule has 0 saturated heterocycles. The number of esters is 1. The van der Waals surface area contributed by atoms with E-state index in [9.17, 15) is 13.2 Å². The van der Waals surface area contributed by atoms with E-state index >= 15 is 0 Å². The number of hydrogen-bond donors (Lipinski definition) is 1. The zero-order chi connectivity index (χ0) is 14.9. The van der Waals surface area contributed by atoms with Crippen molar-refractivity contribution in [1.29, 1.82) is 0 Å². The molecule has 2 N–H and O–H groups in total. The zero-order valence-electron chi connectivity index (χ0n) is 11.1. The number of sulfonamides is 1. The average Bonchev–Trinajstić information content (AvgIpc) is 2.83. The standard InChI is InChI=1S/C13H16BrNO4S/c1-8-11(14)6-9(7-12(8)20(15,17)18)13(16)19-10-4-2-3-5-10/h6-7,10H,2-5H2,1H3,(H2,15,17,18). The third kappa shape index (κ3) is 3.39. The number of rotatable bonds is 3. The van der Waals surface area contributed by atoms with Crippen molar-refractivity contribution in [3.8, 4) is 0 Å². The molecule has 0 unspecified atom stereocenters. The monoisotopic (exact) mass is 361 g/mol. The summed E-state index contributed by atoms with van der Waals surface area (Å²) in [4.78, 5) is 12.0. The van der Waals surface area contributed by atoms with E-state index in [1.165, 1.54) is 6.07 Å². The van der Waals surface area contributed by atoms with E-state index < -0.39 is 16.0 Å². The SMILES string of the molecule is Cc1c(Br)cc(C(=O)OC2CCCC2)cc1S(N)(=O)=O. The molecule has 5 nitrogen and oxygen atoms in total. The van der Waals surface area contributed by atoms with Crippen molar-refractivity contribution >= 4 is 31.9 Å². The Hall–Kier alpha value is -0.920. The smallest absolute Gasteiger partial charge is 0.338 e. The highest BCUT2D eigenvalue weighted by molar-refractivity contribution is 9.10. The van der Waals surface area contributed by atoms with E-state index in [4.69, 9.17) is 9.88 Å². The van der Waals surface area contributed by atoms with Gasteiger partial charge in [-0.2, -0.15) is 0 Å². The Kier molecular flexibility index (Phi) is 4.51. The number of halogens is 1. The lowest BCUT2D eigenvalue weighted by atomic mass is 10.1. The minimum atomic E-state index is -3.88. The largest absolute Gasteiger partial charge is 0.459 e. The number of ether oxygens (including phenoxy) is 1. The first-order chi connectivity index (χ1) is 9.29. The normalized spacial score (nSPS) is 16.4. The van der Waals surface area contributed by atoms with Gasteiger partial charge >= 0.3 is 5.97 Å². The molecule has 1 saturated carbocycles. The van der Waals surface area contributed by atoms with E-state index in [0.717, 1.165) is 25.7 Å². The second-order valence-corrected chi connectivity index (χ2v) is 7.32. The molecular weight excluding hydrogens is 346 g/mol. The minimum absolute atomic E-state index is 0.0646. The fourth-order valence-corrected chi connectivity index (χ4v) is 3.71. The molecule has 0 atom stereocenters. The number of hydrogen-bond acceptors (Lipinski definition) is 4. The van der Waals surface area contributed by atoms with Gasteiger partial charge in [0, 0.05) is 4.47 Å². The Morgan fingerprint density at radius 1 is 1.35 bits per heavy atom. The maximum absolute atomic E-state index is 12.1. The lowest BCUT2D eigenvalue weighted by Gasteiger charge is -2.13. The maximum atomic E-state index is 12.1. The summed E-state index contributed by atoms with van der Waals surface area (Å²) in [5.41, 5.74) is 0.670. The molecule has 0 bridgehead atoms. The number of carbonyl (C=O) groups is 1. The van der Waals surface area contributed by atoms with Crippen molar-refractivity contribution in [2.24, 2.45) is 5.14 Å². The van der Waals surface area contributed by atoms with Crippen LogP contribution in [-0.2, 0) is 14.8 Å². The molecule has 0 radical (unpaired) electrons. The summed E-state index contributed by atoms with van der Waals surface area (Å²) in [7, 11) is -3.88. The van der Waals surface area contributed by atoms with Crippen LogP contribution in [0, 0.1) is 6.92 Å². The summed E-state index contributed by atoms with van der Waals surface area (Å²) in [5.74, 6) is -0.512. The molecule has 1 fully saturated rings. The van der Waals surface area contributed by atoms with E-state index in [2.05, 4.69) is 15.9 Å². The second-order valence-electron chi connectivity index (χ2n) is 4.94. The topological polar surface area (TPSA) is 86.5 Å². The number of nitrogens with two attached hydrogens (primary N) is 1. The Bertz CT molecular complexity index is 636. The Balaban J connectivity index is 2.32. The fourth-order valence-electron chi connectivity index (χ4n) is 2.29. The Morgan fingerprint density at radius 3 is 2.50 bits per heavy atom. The van der Waals surface area contributed by atoms with E-state index in [-0.39, 0.29) is 16.6 Å². The molecule has 110 valence electrons. The molecule has 2 rings (SSSR count). The van der Waals surface area contributed by atoms with Crippen molar-refractivity contribution in [2.45, 2.75) is 43.6 Å². The molecule has 0 amide bonds. The van der Waals surface area contributed by atoms with Gasteiger partial charge in [0.1, 0.15) is 6.10 Å². The van der Waals surface area contributed by atoms with Gasteiger partial charge in [0.2, 0.25) is 10.0 Å². The van der Waals surface area contributed by atoms with Gasteiger partial charge in [-0.1, -0.05) is 15.9 Å². The molecule has 0 heterocycles. The Labute approximate surface area is 126 Å². The number of primary sulfonamides is 1. The third-order valence-electron chi connectivity index (χ3n) is 3.41. The number of carbonyl (C=O) groups excluding carboxylic acids is 1. The van der Waals surface area contributed by atoms with E-state index in [0.29, 0.717) is 10.0 Å². The van der Waals surface area contributed by atoms with Crippen LogP contribution >= 0.6 is 15.9 Å². The highest BCUT2D eigenvalue weighted by Crippen LogP contribution is 2.27. The predicted molar refractivity (Wildman–Crippen MR) is 77.9 cm³/mol. The quantitative estimate of drug-likeness (QED) is 0.837. The molecular formula is C13H16BrNO4S. The fraction of sp³-hybridized carbons (Fsp3) is 0.462. The minimum Gasteiger partial charge on any atom is -0.459 e. The summed E-state index contributed by atoms with van der Waals surface area (Å²) in [6.45, 7) is 1.62. The Morgan fingerprint density at radius 2 is 1.95 bits per heavy atom. The van der Waals surface area contributed by atoms with Crippen LogP contribution < -0.4 is 5.14 Å². The van der Waals surface area contributed by atoms with Crippen LogP contribution in [-0.4, -0.2) is 20.5 Å². The van der Waals surface area contributed by atoms with Crippen LogP contribution in [0.25, 0.3) is 0 Å². The van der Waals surface area contributed by atoms with Gasteiger partial charge in [0.15, 0.2) is 0 Å². The highest BCUT2D eigenvalue weighted by atomic mass is 79.9. The lowest BCUT2D eigenvalue weighted by Crippen LogP contribution is -2.18. The maximum Gasteiger partial charge on any atom is 0.338 e. The molecule has 0 aliphatic heterocycles. The van der Waals surface area contributed by atoms with Crippen LogP contribution in [0.1, 0.15) is 41.6 Å². The molecule has 1 aliphatic rings. The third-order valence-corrected chi connectivity index (χ3v) is 5.28. The molecule has 7 heteroatoms. The molecule has 1 aliphatic carbocycles. The van der Waals surface area contributed by atoms with Crippen LogP contribution in [0.4, 0.5) is 0 Å². The van der Waals surface area contributed by atoms with Crippen LogP contribution in [0.5, 0.6) is 0 Å². The van der Waals surface area contributed by atoms with Gasteiger partial charge in [0.05, 0.1) is 10.5 Å². The lowest BCUT2D eigenvalue weighted by molar-refractivity contribution is 0.0317. The van der Waals surface area contributed by atoms with Gasteiger partial charge < -0.3 is 4.74 Å². The summed E-state index contributed by atoms with van der Waals surface area (Å²) in [6.07, 6.45) is 3.76. The second kappa shape index (κ2) is 5.83. The molecule has 1 aromatic carbocycles. The van der Waals surface area contributed by atoms with Crippen molar-refractivity contribution < 1.29 is 17.9 Å². The first-order valence-corrected chi connectivity index (χ1v) is 8.67. The van der Waals surface area contributed by atoms with Gasteiger partial charge in [-0.25, -0.2) is 18.4 Å². The van der Waals surface area contributed by atoms with E-state index in [1.54, 1.807) is 13.0 Å². The summed E-state index contributed by atoms with van der Waals surface area (Å²) in [5, 5.41) is 5.16. The summed E-state index contributed by atoms with van der Waals surface area (Å²) < 4.78 is 28.9. The van der Waals surface area contributed by atoms with Gasteiger partial charge in [-0.3, -0.25) is 0 Å². The highest BCUT2D eigenvalue weighted by Gasteiger charge is 2.23. The molecule has 0 spiro atoms. The summed E-state index contributed by atoms with van der Waals surface area (Å²) >= 11 is 3.24. The molecule has 1 aromatic rings. The van der Waals surface area contributed by atoms with Crippen molar-refractivity contribution in [2.75, 3.05) is 0 Å². The van der Waals surface area contributed by atoms with Crippen LogP contribution in [0.3, 0.4) is 0 Å². The van der Waals surface area contributed by atoms with E-state index in [1.807, 2.05) is 0 Å². The summed E-state index contributed by atoms with van der Waals surface area (Å²) in [6, 6.07) is 2.83. The predicted octanol–water partition coefficient (Wildman–Crippen LogP) is 2.50. The van der Waals surface area contributed by atoms with Gasteiger partial charge in [-0.15, -0.1) is 0 Å². The first-order valence-electron chi connectivity index (χ1n) is 6.33. The first kappa shape index (κ1) is 15.5. The van der Waals surface area contributed by atoms with Crippen molar-refractivity contribution in [1.82, 2.24) is 0 Å². The van der Waals surface area contributed by atoms with Crippen LogP contribution in [0.2, 0.25) is 0 Å². The number of benzene rings is 1. The van der Waals surface area contributed by atoms with Gasteiger partial charge in [-0.05, 0) is 50.3 Å². The molecule has 20 heavy (non-hydrogen) atoms. The van der Waals surface area contributed by atoms with Crippen LogP contribution in [0.15, 0.2) is 21.5 Å². The average molecular weight is 362 g/mol. The zero-order valence-corrected chi connectivity index (χ0v) is 13.5. The molecule has 0 aromatic heterocycles. The van der Waals surface area contributed by atoms with Crippen molar-refractivity contribution in [3.63, 3.8) is 0 Å². The van der Waals surface area contributed by atoms with Gasteiger partial charge in [0.25, 0.3) is 0 Å². The van der Waals surface area contributed by atoms with Crippen molar-refractivity contribution in [3.05, 3.63) is 27.7 Å².